The summed E-state index contributed by atoms with van der Waals surface area (Å²) >= 11 is 0. The van der Waals surface area contributed by atoms with Crippen LogP contribution in [0.5, 0.6) is 0 Å². The normalized spacial score (nSPS) is 12.0. The van der Waals surface area contributed by atoms with E-state index in [4.69, 9.17) is 0 Å². The summed E-state index contributed by atoms with van der Waals surface area (Å²) in [5.41, 5.74) is 1.55. The SMILES string of the molecule is CC(NC(=O)c1ccccc1NC(=O)CCCN(c1ccccc1F)S(C)(=O)=O)c1ccccc1. The molecular formula is C26H28FN3O4S. The van der Waals surface area contributed by atoms with Gasteiger partial charge < -0.3 is 10.6 Å². The van der Waals surface area contributed by atoms with Crippen LogP contribution in [0.25, 0.3) is 0 Å². The Morgan fingerprint density at radius 1 is 0.943 bits per heavy atom. The number of halogens is 1. The van der Waals surface area contributed by atoms with Crippen LogP contribution < -0.4 is 14.9 Å². The number of sulfonamides is 1. The first kappa shape index (κ1) is 25.9. The first-order valence-electron chi connectivity index (χ1n) is 11.1. The zero-order valence-corrected chi connectivity index (χ0v) is 20.4. The molecule has 0 spiro atoms. The highest BCUT2D eigenvalue weighted by Gasteiger charge is 2.21. The van der Waals surface area contributed by atoms with Gasteiger partial charge in [-0.25, -0.2) is 12.8 Å². The molecule has 1 unspecified atom stereocenters. The number of hydrogen-bond acceptors (Lipinski definition) is 4. The summed E-state index contributed by atoms with van der Waals surface area (Å²) in [7, 11) is -3.74. The molecular weight excluding hydrogens is 469 g/mol. The van der Waals surface area contributed by atoms with Gasteiger partial charge in [-0.05, 0) is 43.2 Å². The summed E-state index contributed by atoms with van der Waals surface area (Å²) in [6, 6.07) is 21.5. The number of carbonyl (C=O) groups is 2. The molecule has 184 valence electrons. The molecule has 0 heterocycles. The van der Waals surface area contributed by atoms with E-state index in [1.807, 2.05) is 37.3 Å². The number of para-hydroxylation sites is 2. The van der Waals surface area contributed by atoms with E-state index in [9.17, 15) is 22.4 Å². The monoisotopic (exact) mass is 497 g/mol. The van der Waals surface area contributed by atoms with E-state index in [1.165, 1.54) is 18.2 Å². The van der Waals surface area contributed by atoms with E-state index >= 15 is 0 Å². The lowest BCUT2D eigenvalue weighted by Crippen LogP contribution is -2.32. The van der Waals surface area contributed by atoms with Crippen molar-refractivity contribution in [2.24, 2.45) is 0 Å². The van der Waals surface area contributed by atoms with Crippen LogP contribution in [-0.2, 0) is 14.8 Å². The number of nitrogens with one attached hydrogen (secondary N) is 2. The number of benzene rings is 3. The Morgan fingerprint density at radius 2 is 1.57 bits per heavy atom. The molecule has 0 radical (unpaired) electrons. The molecule has 7 nitrogen and oxygen atoms in total. The zero-order chi connectivity index (χ0) is 25.4. The van der Waals surface area contributed by atoms with Crippen molar-refractivity contribution in [2.45, 2.75) is 25.8 Å². The number of carbonyl (C=O) groups excluding carboxylic acids is 2. The molecule has 0 aliphatic carbocycles. The van der Waals surface area contributed by atoms with E-state index in [0.717, 1.165) is 16.1 Å². The van der Waals surface area contributed by atoms with Crippen LogP contribution in [0.2, 0.25) is 0 Å². The molecule has 1 atom stereocenters. The van der Waals surface area contributed by atoms with E-state index in [-0.39, 0.29) is 42.9 Å². The van der Waals surface area contributed by atoms with E-state index in [2.05, 4.69) is 10.6 Å². The Labute approximate surface area is 205 Å². The van der Waals surface area contributed by atoms with Crippen LogP contribution in [0.1, 0.15) is 41.7 Å². The quantitative estimate of drug-likeness (QED) is 0.431. The van der Waals surface area contributed by atoms with Crippen molar-refractivity contribution in [2.75, 3.05) is 22.4 Å². The minimum Gasteiger partial charge on any atom is -0.345 e. The third-order valence-electron chi connectivity index (χ3n) is 5.38. The Morgan fingerprint density at radius 3 is 2.26 bits per heavy atom. The molecule has 0 aliphatic heterocycles. The molecule has 35 heavy (non-hydrogen) atoms. The Hall–Kier alpha value is -3.72. The van der Waals surface area contributed by atoms with Crippen LogP contribution in [-0.4, -0.2) is 33.0 Å². The van der Waals surface area contributed by atoms with Crippen LogP contribution in [0.3, 0.4) is 0 Å². The maximum Gasteiger partial charge on any atom is 0.253 e. The Bertz CT molecular complexity index is 1280. The summed E-state index contributed by atoms with van der Waals surface area (Å²) in [5.74, 6) is -1.38. The minimum absolute atomic E-state index is 0.0170. The second kappa shape index (κ2) is 11.6. The third kappa shape index (κ3) is 7.13. The Balaban J connectivity index is 1.62. The minimum atomic E-state index is -3.74. The van der Waals surface area contributed by atoms with Gasteiger partial charge in [-0.1, -0.05) is 54.6 Å². The van der Waals surface area contributed by atoms with Crippen molar-refractivity contribution < 1.29 is 22.4 Å². The van der Waals surface area contributed by atoms with Gasteiger partial charge >= 0.3 is 0 Å². The van der Waals surface area contributed by atoms with E-state index in [0.29, 0.717) is 11.3 Å². The second-order valence-corrected chi connectivity index (χ2v) is 10.00. The summed E-state index contributed by atoms with van der Waals surface area (Å²) in [5, 5.41) is 5.65. The van der Waals surface area contributed by atoms with Crippen molar-refractivity contribution in [3.8, 4) is 0 Å². The molecule has 3 rings (SSSR count). The topological polar surface area (TPSA) is 95.6 Å². The summed E-state index contributed by atoms with van der Waals surface area (Å²) in [6.45, 7) is 1.81. The molecule has 0 aliphatic rings. The zero-order valence-electron chi connectivity index (χ0n) is 19.6. The van der Waals surface area contributed by atoms with Crippen LogP contribution in [0.4, 0.5) is 15.8 Å². The second-order valence-electron chi connectivity index (χ2n) is 8.09. The first-order valence-corrected chi connectivity index (χ1v) is 13.0. The average molecular weight is 498 g/mol. The predicted molar refractivity (Wildman–Crippen MR) is 135 cm³/mol. The lowest BCUT2D eigenvalue weighted by molar-refractivity contribution is -0.116. The molecule has 9 heteroatoms. The van der Waals surface area contributed by atoms with Gasteiger partial charge in [0.1, 0.15) is 5.82 Å². The van der Waals surface area contributed by atoms with Crippen molar-refractivity contribution in [3.05, 3.63) is 95.8 Å². The van der Waals surface area contributed by atoms with Crippen LogP contribution in [0.15, 0.2) is 78.9 Å². The van der Waals surface area contributed by atoms with Gasteiger partial charge in [0.25, 0.3) is 5.91 Å². The molecule has 3 aromatic rings. The van der Waals surface area contributed by atoms with Gasteiger partial charge in [0, 0.05) is 13.0 Å². The van der Waals surface area contributed by atoms with Crippen molar-refractivity contribution in [3.63, 3.8) is 0 Å². The van der Waals surface area contributed by atoms with Gasteiger partial charge in [0.05, 0.1) is 29.2 Å². The fourth-order valence-electron chi connectivity index (χ4n) is 3.60. The Kier molecular flexibility index (Phi) is 8.59. The van der Waals surface area contributed by atoms with Crippen LogP contribution in [0, 0.1) is 5.82 Å². The van der Waals surface area contributed by atoms with Crippen molar-refractivity contribution >= 4 is 33.2 Å². The van der Waals surface area contributed by atoms with Crippen molar-refractivity contribution in [1.82, 2.24) is 5.32 Å². The van der Waals surface area contributed by atoms with Gasteiger partial charge in [-0.15, -0.1) is 0 Å². The average Bonchev–Trinajstić information content (AvgIpc) is 2.82. The lowest BCUT2D eigenvalue weighted by Gasteiger charge is -2.22. The number of anilines is 2. The van der Waals surface area contributed by atoms with Gasteiger partial charge in [-0.2, -0.15) is 0 Å². The standard InChI is InChI=1S/C26H28FN3O4S/c1-19(20-11-4-3-5-12-20)28-26(32)21-13-6-8-15-23(21)29-25(31)17-10-18-30(35(2,33)34)24-16-9-7-14-22(24)27/h3-9,11-16,19H,10,17-18H2,1-2H3,(H,28,32)(H,29,31). The number of amides is 2. The lowest BCUT2D eigenvalue weighted by atomic mass is 10.1. The predicted octanol–water partition coefficient (Wildman–Crippen LogP) is 4.50. The third-order valence-corrected chi connectivity index (χ3v) is 6.56. The van der Waals surface area contributed by atoms with E-state index < -0.39 is 15.8 Å². The maximum atomic E-state index is 14.1. The smallest absolute Gasteiger partial charge is 0.253 e. The maximum absolute atomic E-state index is 14.1. The number of rotatable bonds is 10. The largest absolute Gasteiger partial charge is 0.345 e. The fraction of sp³-hybridized carbons (Fsp3) is 0.231. The molecule has 0 fully saturated rings. The highest BCUT2D eigenvalue weighted by Crippen LogP contribution is 2.22. The highest BCUT2D eigenvalue weighted by atomic mass is 32.2. The number of hydrogen-bond donors (Lipinski definition) is 2. The molecule has 0 saturated carbocycles. The fourth-order valence-corrected chi connectivity index (χ4v) is 4.57. The molecule has 2 amide bonds. The van der Waals surface area contributed by atoms with Gasteiger partial charge in [0.15, 0.2) is 0 Å². The van der Waals surface area contributed by atoms with E-state index in [1.54, 1.807) is 30.3 Å². The van der Waals surface area contributed by atoms with Crippen molar-refractivity contribution in [1.29, 1.82) is 0 Å². The molecule has 0 aromatic heterocycles. The van der Waals surface area contributed by atoms with Gasteiger partial charge in [0.2, 0.25) is 15.9 Å². The molecule has 3 aromatic carbocycles. The van der Waals surface area contributed by atoms with Gasteiger partial charge in [-0.3, -0.25) is 13.9 Å². The first-order chi connectivity index (χ1) is 16.7. The summed E-state index contributed by atoms with van der Waals surface area (Å²) in [4.78, 5) is 25.4. The number of nitrogens with zero attached hydrogens (tertiary/aromatic N) is 1. The summed E-state index contributed by atoms with van der Waals surface area (Å²) < 4.78 is 39.4. The highest BCUT2D eigenvalue weighted by molar-refractivity contribution is 7.92. The molecule has 0 bridgehead atoms. The van der Waals surface area contributed by atoms with Crippen LogP contribution >= 0.6 is 0 Å². The summed E-state index contributed by atoms with van der Waals surface area (Å²) in [6.07, 6.45) is 1.13. The molecule has 0 saturated heterocycles. The molecule has 2 N–H and O–H groups in total.